The number of rotatable bonds is 6. The second-order valence-corrected chi connectivity index (χ2v) is 7.79. The number of nitrogens with zero attached hydrogens (tertiary/aromatic N) is 1. The van der Waals surface area contributed by atoms with Gasteiger partial charge in [0.25, 0.3) is 5.91 Å². The van der Waals surface area contributed by atoms with Crippen LogP contribution in [0.4, 0.5) is 5.69 Å². The summed E-state index contributed by atoms with van der Waals surface area (Å²) in [7, 11) is -0.367. The maximum atomic E-state index is 12.2. The van der Waals surface area contributed by atoms with Crippen molar-refractivity contribution in [2.45, 2.75) is 19.1 Å². The van der Waals surface area contributed by atoms with Crippen LogP contribution in [0.1, 0.15) is 23.2 Å². The molecular formula is C15H21ClN2O5S. The summed E-state index contributed by atoms with van der Waals surface area (Å²) in [6, 6.07) is 4.61. The number of carbonyl (C=O) groups excluding carboxylic acids is 1. The van der Waals surface area contributed by atoms with Crippen LogP contribution in [0.3, 0.4) is 0 Å². The lowest BCUT2D eigenvalue weighted by atomic mass is 10.2. The van der Waals surface area contributed by atoms with Crippen molar-refractivity contribution < 1.29 is 22.7 Å². The predicted octanol–water partition coefficient (Wildman–Crippen LogP) is 1.62. The van der Waals surface area contributed by atoms with E-state index in [0.717, 1.165) is 6.42 Å². The van der Waals surface area contributed by atoms with Gasteiger partial charge in [0.1, 0.15) is 0 Å². The van der Waals surface area contributed by atoms with Crippen molar-refractivity contribution in [2.75, 3.05) is 37.4 Å². The van der Waals surface area contributed by atoms with E-state index in [4.69, 9.17) is 21.1 Å². The zero-order valence-electron chi connectivity index (χ0n) is 13.6. The molecule has 0 bridgehead atoms. The molecule has 1 amide bonds. The second kappa shape index (κ2) is 8.15. The highest BCUT2D eigenvalue weighted by Crippen LogP contribution is 2.28. The van der Waals surface area contributed by atoms with Gasteiger partial charge in [0, 0.05) is 20.8 Å². The molecule has 7 nitrogen and oxygen atoms in total. The first kappa shape index (κ1) is 19.0. The Bertz CT molecular complexity index is 691. The molecule has 0 aromatic heterocycles. The number of amides is 1. The van der Waals surface area contributed by atoms with Crippen molar-refractivity contribution in [3.05, 3.63) is 28.8 Å². The summed E-state index contributed by atoms with van der Waals surface area (Å²) < 4.78 is 35.6. The number of halogens is 1. The Morgan fingerprint density at radius 2 is 2.04 bits per heavy atom. The molecule has 134 valence electrons. The van der Waals surface area contributed by atoms with Crippen molar-refractivity contribution in [1.82, 2.24) is 5.32 Å². The van der Waals surface area contributed by atoms with Crippen molar-refractivity contribution in [2.24, 2.45) is 0 Å². The van der Waals surface area contributed by atoms with Gasteiger partial charge < -0.3 is 14.8 Å². The van der Waals surface area contributed by atoms with Gasteiger partial charge >= 0.3 is 0 Å². The topological polar surface area (TPSA) is 84.9 Å². The minimum Gasteiger partial charge on any atom is -0.354 e. The summed E-state index contributed by atoms with van der Waals surface area (Å²) in [5.41, 5.74) is 0.740. The van der Waals surface area contributed by atoms with E-state index >= 15 is 0 Å². The molecular weight excluding hydrogens is 356 g/mol. The van der Waals surface area contributed by atoms with Crippen molar-refractivity contribution >= 4 is 33.2 Å². The van der Waals surface area contributed by atoms with Gasteiger partial charge in [-0.2, -0.15) is 0 Å². The normalized spacial score (nSPS) is 17.1. The standard InChI is InChI=1S/C15H21ClN2O5S/c1-22-14(23-2)10-17-15(19)12-6-5-11(9-13(12)16)18-7-3-4-8-24(18,20)21/h5-6,9,14H,3-4,7-8,10H2,1-2H3,(H,17,19). The van der Waals surface area contributed by atoms with Crippen LogP contribution in [0, 0.1) is 0 Å². The molecule has 1 N–H and O–H groups in total. The first-order valence-electron chi connectivity index (χ1n) is 7.53. The Morgan fingerprint density at radius 3 is 2.62 bits per heavy atom. The third kappa shape index (κ3) is 4.38. The lowest BCUT2D eigenvalue weighted by molar-refractivity contribution is -0.0974. The smallest absolute Gasteiger partial charge is 0.252 e. The average Bonchev–Trinajstić information content (AvgIpc) is 2.55. The Balaban J connectivity index is 2.13. The van der Waals surface area contributed by atoms with E-state index in [1.54, 1.807) is 6.07 Å². The number of nitrogens with one attached hydrogen (secondary N) is 1. The van der Waals surface area contributed by atoms with Crippen LogP contribution in [0.15, 0.2) is 18.2 Å². The number of benzene rings is 1. The van der Waals surface area contributed by atoms with Crippen molar-refractivity contribution in [3.63, 3.8) is 0 Å². The number of methoxy groups -OCH3 is 2. The second-order valence-electron chi connectivity index (χ2n) is 5.37. The highest BCUT2D eigenvalue weighted by Gasteiger charge is 2.26. The number of anilines is 1. The largest absolute Gasteiger partial charge is 0.354 e. The Hall–Kier alpha value is -1.35. The molecule has 1 fully saturated rings. The van der Waals surface area contributed by atoms with Gasteiger partial charge in [0.15, 0.2) is 6.29 Å². The number of ether oxygens (including phenoxy) is 2. The van der Waals surface area contributed by atoms with Gasteiger partial charge in [-0.25, -0.2) is 8.42 Å². The zero-order valence-corrected chi connectivity index (χ0v) is 15.2. The third-order valence-electron chi connectivity index (χ3n) is 3.79. The lowest BCUT2D eigenvalue weighted by Crippen LogP contribution is -2.38. The fourth-order valence-corrected chi connectivity index (χ4v) is 4.35. The minimum atomic E-state index is -3.31. The summed E-state index contributed by atoms with van der Waals surface area (Å²) >= 11 is 6.17. The molecule has 24 heavy (non-hydrogen) atoms. The third-order valence-corrected chi connectivity index (χ3v) is 5.97. The Kier molecular flexibility index (Phi) is 6.45. The highest BCUT2D eigenvalue weighted by atomic mass is 35.5. The van der Waals surface area contributed by atoms with Gasteiger partial charge in [0.2, 0.25) is 10.0 Å². The van der Waals surface area contributed by atoms with Crippen LogP contribution >= 0.6 is 11.6 Å². The van der Waals surface area contributed by atoms with Crippen molar-refractivity contribution in [3.8, 4) is 0 Å². The van der Waals surface area contributed by atoms with Crippen LogP contribution in [0.2, 0.25) is 5.02 Å². The molecule has 2 rings (SSSR count). The maximum absolute atomic E-state index is 12.2. The molecule has 0 aliphatic carbocycles. The van der Waals surface area contributed by atoms with E-state index in [9.17, 15) is 13.2 Å². The summed E-state index contributed by atoms with van der Waals surface area (Å²) in [6.45, 7) is 0.595. The fraction of sp³-hybridized carbons (Fsp3) is 0.533. The quantitative estimate of drug-likeness (QED) is 0.762. The van der Waals surface area contributed by atoms with Crippen LogP contribution in [0.5, 0.6) is 0 Å². The summed E-state index contributed by atoms with van der Waals surface area (Å²) in [5, 5.41) is 2.84. The Morgan fingerprint density at radius 1 is 1.33 bits per heavy atom. The van der Waals surface area contributed by atoms with E-state index in [1.807, 2.05) is 0 Å². The molecule has 1 aliphatic rings. The molecule has 0 saturated carbocycles. The summed E-state index contributed by atoms with van der Waals surface area (Å²) in [5.74, 6) is -0.255. The monoisotopic (exact) mass is 376 g/mol. The molecule has 0 unspecified atom stereocenters. The Labute approximate surface area is 146 Å². The van der Waals surface area contributed by atoms with Gasteiger partial charge in [0.05, 0.1) is 28.6 Å². The first-order chi connectivity index (χ1) is 11.4. The van der Waals surface area contributed by atoms with Crippen LogP contribution < -0.4 is 9.62 Å². The average molecular weight is 377 g/mol. The SMILES string of the molecule is COC(CNC(=O)c1ccc(N2CCCCS2(=O)=O)cc1Cl)OC. The molecule has 0 atom stereocenters. The van der Waals surface area contributed by atoms with E-state index < -0.39 is 16.3 Å². The number of hydrogen-bond acceptors (Lipinski definition) is 5. The van der Waals surface area contributed by atoms with Crippen LogP contribution in [0.25, 0.3) is 0 Å². The number of hydrogen-bond donors (Lipinski definition) is 1. The number of carbonyl (C=O) groups is 1. The molecule has 1 saturated heterocycles. The molecule has 1 aromatic carbocycles. The molecule has 1 aliphatic heterocycles. The molecule has 0 radical (unpaired) electrons. The minimum absolute atomic E-state index is 0.127. The van der Waals surface area contributed by atoms with Crippen LogP contribution in [-0.4, -0.2) is 53.7 Å². The molecule has 9 heteroatoms. The van der Waals surface area contributed by atoms with Gasteiger partial charge in [-0.3, -0.25) is 9.10 Å². The fourth-order valence-electron chi connectivity index (χ4n) is 2.46. The summed E-state index contributed by atoms with van der Waals surface area (Å²) in [6.07, 6.45) is 0.910. The number of sulfonamides is 1. The highest BCUT2D eigenvalue weighted by molar-refractivity contribution is 7.92. The van der Waals surface area contributed by atoms with Crippen LogP contribution in [-0.2, 0) is 19.5 Å². The van der Waals surface area contributed by atoms with E-state index in [1.165, 1.54) is 30.7 Å². The van der Waals surface area contributed by atoms with E-state index in [0.29, 0.717) is 18.7 Å². The lowest BCUT2D eigenvalue weighted by Gasteiger charge is -2.28. The summed E-state index contributed by atoms with van der Waals surface area (Å²) in [4.78, 5) is 12.2. The molecule has 0 spiro atoms. The molecule has 1 heterocycles. The van der Waals surface area contributed by atoms with Gasteiger partial charge in [-0.1, -0.05) is 11.6 Å². The first-order valence-corrected chi connectivity index (χ1v) is 9.51. The maximum Gasteiger partial charge on any atom is 0.252 e. The van der Waals surface area contributed by atoms with E-state index in [-0.39, 0.29) is 28.8 Å². The van der Waals surface area contributed by atoms with E-state index in [2.05, 4.69) is 5.32 Å². The van der Waals surface area contributed by atoms with Gasteiger partial charge in [-0.15, -0.1) is 0 Å². The van der Waals surface area contributed by atoms with Gasteiger partial charge in [-0.05, 0) is 31.0 Å². The predicted molar refractivity (Wildman–Crippen MR) is 92.0 cm³/mol. The molecule has 1 aromatic rings. The zero-order chi connectivity index (χ0) is 17.7. The van der Waals surface area contributed by atoms with Crippen molar-refractivity contribution in [1.29, 1.82) is 0 Å².